The van der Waals surface area contributed by atoms with Crippen molar-refractivity contribution in [3.05, 3.63) is 21.7 Å². The molecule has 1 N–H and O–H groups in total. The van der Waals surface area contributed by atoms with Crippen molar-refractivity contribution in [1.82, 2.24) is 4.90 Å². The summed E-state index contributed by atoms with van der Waals surface area (Å²) in [6.07, 6.45) is 1.64. The SMILES string of the molecule is CCOC(=O)N1CCC23CCC(F)CC2C1Cc1c(Br)cc(OC)c(O)c13. The molecule has 4 unspecified atom stereocenters. The molecule has 148 valence electrons. The summed E-state index contributed by atoms with van der Waals surface area (Å²) >= 11 is 3.63. The van der Waals surface area contributed by atoms with E-state index in [0.717, 1.165) is 15.6 Å². The number of carbonyl (C=O) groups excluding carboxylic acids is 1. The zero-order valence-electron chi connectivity index (χ0n) is 15.6. The molecule has 0 aromatic heterocycles. The number of methoxy groups -OCH3 is 1. The highest BCUT2D eigenvalue weighted by molar-refractivity contribution is 9.10. The summed E-state index contributed by atoms with van der Waals surface area (Å²) < 4.78 is 25.9. The van der Waals surface area contributed by atoms with Crippen molar-refractivity contribution >= 4 is 22.0 Å². The van der Waals surface area contributed by atoms with Gasteiger partial charge in [-0.1, -0.05) is 15.9 Å². The highest BCUT2D eigenvalue weighted by Gasteiger charge is 2.58. The van der Waals surface area contributed by atoms with E-state index in [0.29, 0.717) is 51.0 Å². The summed E-state index contributed by atoms with van der Waals surface area (Å²) in [7, 11) is 1.54. The van der Waals surface area contributed by atoms with E-state index in [1.165, 1.54) is 7.11 Å². The van der Waals surface area contributed by atoms with Crippen LogP contribution < -0.4 is 4.74 Å². The normalized spacial score (nSPS) is 31.7. The molecule has 0 spiro atoms. The van der Waals surface area contributed by atoms with Crippen LogP contribution in [0.15, 0.2) is 10.5 Å². The van der Waals surface area contributed by atoms with E-state index in [9.17, 15) is 14.3 Å². The zero-order valence-corrected chi connectivity index (χ0v) is 17.2. The number of carbonyl (C=O) groups is 1. The fourth-order valence-corrected chi connectivity index (χ4v) is 6.20. The third-order valence-electron chi connectivity index (χ3n) is 6.74. The number of rotatable bonds is 2. The van der Waals surface area contributed by atoms with Gasteiger partial charge in [0.1, 0.15) is 6.17 Å². The summed E-state index contributed by atoms with van der Waals surface area (Å²) in [5.74, 6) is 0.570. The van der Waals surface area contributed by atoms with Crippen molar-refractivity contribution in [2.75, 3.05) is 20.3 Å². The molecule has 1 aliphatic heterocycles. The van der Waals surface area contributed by atoms with Gasteiger partial charge in [-0.15, -0.1) is 0 Å². The Hall–Kier alpha value is -1.50. The van der Waals surface area contributed by atoms with Crippen LogP contribution in [0.4, 0.5) is 9.18 Å². The quantitative estimate of drug-likeness (QED) is 0.741. The first kappa shape index (κ1) is 18.8. The fraction of sp³-hybridized carbons (Fsp3) is 0.650. The van der Waals surface area contributed by atoms with Crippen molar-refractivity contribution in [2.24, 2.45) is 5.92 Å². The maximum Gasteiger partial charge on any atom is 0.410 e. The Morgan fingerprint density at radius 2 is 2.26 bits per heavy atom. The van der Waals surface area contributed by atoms with E-state index in [4.69, 9.17) is 9.47 Å². The molecule has 4 atom stereocenters. The van der Waals surface area contributed by atoms with E-state index in [1.807, 2.05) is 0 Å². The van der Waals surface area contributed by atoms with Crippen LogP contribution in [0.2, 0.25) is 0 Å². The van der Waals surface area contributed by atoms with Crippen LogP contribution in [0.25, 0.3) is 0 Å². The maximum absolute atomic E-state index is 14.4. The average molecular weight is 442 g/mol. The first-order chi connectivity index (χ1) is 12.9. The predicted octanol–water partition coefficient (Wildman–Crippen LogP) is 4.33. The van der Waals surface area contributed by atoms with Gasteiger partial charge in [0.25, 0.3) is 0 Å². The van der Waals surface area contributed by atoms with Gasteiger partial charge in [-0.3, -0.25) is 0 Å². The lowest BCUT2D eigenvalue weighted by atomic mass is 9.52. The molecule has 0 radical (unpaired) electrons. The lowest BCUT2D eigenvalue weighted by Gasteiger charge is -2.59. The number of halogens is 2. The van der Waals surface area contributed by atoms with Crippen molar-refractivity contribution in [1.29, 1.82) is 0 Å². The number of phenolic OH excluding ortho intramolecular Hbond substituents is 1. The molecule has 1 saturated heterocycles. The number of nitrogens with zero attached hydrogens (tertiary/aromatic N) is 1. The predicted molar refractivity (Wildman–Crippen MR) is 102 cm³/mol. The minimum Gasteiger partial charge on any atom is -0.504 e. The highest BCUT2D eigenvalue weighted by Crippen LogP contribution is 2.60. The second-order valence-electron chi connectivity index (χ2n) is 7.81. The van der Waals surface area contributed by atoms with Gasteiger partial charge in [0, 0.05) is 28.0 Å². The van der Waals surface area contributed by atoms with Gasteiger partial charge in [0.15, 0.2) is 11.5 Å². The number of aromatic hydroxyl groups is 1. The largest absolute Gasteiger partial charge is 0.504 e. The van der Waals surface area contributed by atoms with Gasteiger partial charge in [0.05, 0.1) is 13.7 Å². The molecular formula is C20H25BrFNO4. The number of hydrogen-bond acceptors (Lipinski definition) is 4. The van der Waals surface area contributed by atoms with Gasteiger partial charge in [0.2, 0.25) is 0 Å². The van der Waals surface area contributed by atoms with Crippen LogP contribution in [0.3, 0.4) is 0 Å². The van der Waals surface area contributed by atoms with Gasteiger partial charge in [-0.25, -0.2) is 9.18 Å². The lowest BCUT2D eigenvalue weighted by molar-refractivity contribution is -0.0298. The van der Waals surface area contributed by atoms with Crippen molar-refractivity contribution in [3.8, 4) is 11.5 Å². The topological polar surface area (TPSA) is 59.0 Å². The van der Waals surface area contributed by atoms with E-state index >= 15 is 0 Å². The number of alkyl halides is 1. The number of ether oxygens (including phenoxy) is 2. The molecular weight excluding hydrogens is 417 g/mol. The Bertz CT molecular complexity index is 773. The van der Waals surface area contributed by atoms with Crippen LogP contribution >= 0.6 is 15.9 Å². The van der Waals surface area contributed by atoms with E-state index in [2.05, 4.69) is 15.9 Å². The van der Waals surface area contributed by atoms with Gasteiger partial charge < -0.3 is 19.5 Å². The molecule has 4 rings (SSSR count). The first-order valence-corrected chi connectivity index (χ1v) is 10.4. The number of likely N-dealkylation sites (tertiary alicyclic amines) is 1. The summed E-state index contributed by atoms with van der Waals surface area (Å²) in [4.78, 5) is 14.3. The Morgan fingerprint density at radius 3 is 2.96 bits per heavy atom. The Labute approximate surface area is 166 Å². The van der Waals surface area contributed by atoms with Crippen molar-refractivity contribution in [2.45, 2.75) is 56.7 Å². The van der Waals surface area contributed by atoms with Crippen molar-refractivity contribution in [3.63, 3.8) is 0 Å². The highest BCUT2D eigenvalue weighted by atomic mass is 79.9. The minimum absolute atomic E-state index is 0.0307. The number of benzene rings is 1. The number of fused-ring (bicyclic) bond motifs is 1. The standard InChI is InChI=1S/C20H25BrFNO4/c1-3-27-19(25)23-7-6-20-5-4-11(22)8-13(20)15(23)9-12-14(21)10-16(26-2)18(24)17(12)20/h10-11,13,15,24H,3-9H2,1-2H3. The lowest BCUT2D eigenvalue weighted by Crippen LogP contribution is -2.63. The molecule has 1 amide bonds. The van der Waals surface area contributed by atoms with Crippen LogP contribution in [-0.2, 0) is 16.6 Å². The first-order valence-electron chi connectivity index (χ1n) is 9.59. The molecule has 1 aromatic rings. The fourth-order valence-electron chi connectivity index (χ4n) is 5.63. The van der Waals surface area contributed by atoms with Gasteiger partial charge >= 0.3 is 6.09 Å². The van der Waals surface area contributed by atoms with Crippen LogP contribution in [0.5, 0.6) is 11.5 Å². The second-order valence-corrected chi connectivity index (χ2v) is 8.67. The molecule has 7 heteroatoms. The van der Waals surface area contributed by atoms with Crippen LogP contribution in [0.1, 0.15) is 43.7 Å². The molecule has 5 nitrogen and oxygen atoms in total. The van der Waals surface area contributed by atoms with Crippen LogP contribution in [0, 0.1) is 5.92 Å². The van der Waals surface area contributed by atoms with E-state index < -0.39 is 6.17 Å². The maximum atomic E-state index is 14.4. The average Bonchev–Trinajstić information content (AvgIpc) is 2.64. The third-order valence-corrected chi connectivity index (χ3v) is 7.45. The number of amides is 1. The number of hydrogen-bond donors (Lipinski definition) is 1. The minimum atomic E-state index is -0.870. The van der Waals surface area contributed by atoms with Gasteiger partial charge in [-0.2, -0.15) is 0 Å². The smallest absolute Gasteiger partial charge is 0.410 e. The summed E-state index contributed by atoms with van der Waals surface area (Å²) in [6.45, 7) is 2.67. The Balaban J connectivity index is 1.87. The molecule has 1 heterocycles. The monoisotopic (exact) mass is 441 g/mol. The molecule has 2 bridgehead atoms. The number of phenols is 1. The number of piperidine rings is 1. The second kappa shape index (κ2) is 6.83. The van der Waals surface area contributed by atoms with Crippen LogP contribution in [-0.4, -0.2) is 48.6 Å². The Kier molecular flexibility index (Phi) is 4.77. The third kappa shape index (κ3) is 2.72. The molecule has 27 heavy (non-hydrogen) atoms. The summed E-state index contributed by atoms with van der Waals surface area (Å²) in [5, 5.41) is 11.0. The molecule has 1 saturated carbocycles. The summed E-state index contributed by atoms with van der Waals surface area (Å²) in [5.41, 5.74) is 1.57. The molecule has 3 aliphatic rings. The summed E-state index contributed by atoms with van der Waals surface area (Å²) in [6, 6.07) is 1.66. The van der Waals surface area contributed by atoms with Gasteiger partial charge in [-0.05, 0) is 56.6 Å². The zero-order chi connectivity index (χ0) is 19.3. The van der Waals surface area contributed by atoms with E-state index in [1.54, 1.807) is 17.9 Å². The molecule has 2 aliphatic carbocycles. The van der Waals surface area contributed by atoms with Crippen molar-refractivity contribution < 1.29 is 23.8 Å². The van der Waals surface area contributed by atoms with E-state index in [-0.39, 0.29) is 29.2 Å². The molecule has 2 fully saturated rings. The Morgan fingerprint density at radius 1 is 1.48 bits per heavy atom. The molecule has 1 aromatic carbocycles.